The number of aryl methyl sites for hydroxylation is 2. The number of amides is 2. The van der Waals surface area contributed by atoms with Crippen molar-refractivity contribution in [2.45, 2.75) is 39.5 Å². The molecule has 1 aliphatic heterocycles. The fourth-order valence-corrected chi connectivity index (χ4v) is 3.58. The number of hydrogen-bond acceptors (Lipinski definition) is 3. The normalized spacial score (nSPS) is 16.7. The average Bonchev–Trinajstić information content (AvgIpc) is 2.69. The van der Waals surface area contributed by atoms with Gasteiger partial charge in [0.05, 0.1) is 5.56 Å². The lowest BCUT2D eigenvalue weighted by Crippen LogP contribution is -2.40. The van der Waals surface area contributed by atoms with E-state index >= 15 is 0 Å². The molecule has 1 fully saturated rings. The van der Waals surface area contributed by atoms with Crippen LogP contribution in [0, 0.1) is 25.6 Å². The van der Waals surface area contributed by atoms with Crippen LogP contribution in [-0.4, -0.2) is 34.8 Å². The summed E-state index contributed by atoms with van der Waals surface area (Å²) in [6, 6.07) is 7.98. The quantitative estimate of drug-likeness (QED) is 0.845. The molecule has 0 bridgehead atoms. The average molecular weight is 383 g/mol. The van der Waals surface area contributed by atoms with Gasteiger partial charge in [-0.25, -0.2) is 4.39 Å². The van der Waals surface area contributed by atoms with Gasteiger partial charge in [0, 0.05) is 37.1 Å². The molecule has 1 N–H and O–H groups in total. The van der Waals surface area contributed by atoms with Gasteiger partial charge in [0.25, 0.3) is 5.91 Å². The summed E-state index contributed by atoms with van der Waals surface area (Å²) >= 11 is 0. The zero-order chi connectivity index (χ0) is 20.1. The smallest absolute Gasteiger partial charge is 0.255 e. The summed E-state index contributed by atoms with van der Waals surface area (Å²) in [7, 11) is 0. The van der Waals surface area contributed by atoms with Crippen LogP contribution in [-0.2, 0) is 4.79 Å². The summed E-state index contributed by atoms with van der Waals surface area (Å²) in [4.78, 5) is 31.0. The Morgan fingerprint density at radius 1 is 1.25 bits per heavy atom. The van der Waals surface area contributed by atoms with Crippen LogP contribution >= 0.6 is 0 Å². The van der Waals surface area contributed by atoms with Crippen molar-refractivity contribution in [3.05, 3.63) is 59.2 Å². The second-order valence-electron chi connectivity index (χ2n) is 7.49. The molecule has 3 rings (SSSR count). The maximum Gasteiger partial charge on any atom is 0.255 e. The molecular weight excluding hydrogens is 357 g/mol. The Hall–Kier alpha value is -2.76. The Bertz CT molecular complexity index is 851. The molecule has 1 aliphatic rings. The first-order valence-corrected chi connectivity index (χ1v) is 9.70. The molecule has 0 radical (unpaired) electrons. The molecular formula is C22H26FN3O2. The minimum absolute atomic E-state index is 0.00332. The van der Waals surface area contributed by atoms with E-state index in [1.165, 1.54) is 12.1 Å². The Balaban J connectivity index is 1.51. The van der Waals surface area contributed by atoms with Crippen LogP contribution in [0.5, 0.6) is 0 Å². The predicted molar refractivity (Wildman–Crippen MR) is 107 cm³/mol. The van der Waals surface area contributed by atoms with Crippen LogP contribution in [0.2, 0.25) is 0 Å². The van der Waals surface area contributed by atoms with E-state index in [0.29, 0.717) is 35.7 Å². The third-order valence-corrected chi connectivity index (χ3v) is 5.21. The van der Waals surface area contributed by atoms with E-state index in [0.717, 1.165) is 31.5 Å². The summed E-state index contributed by atoms with van der Waals surface area (Å²) in [6.07, 6.45) is 4.69. The van der Waals surface area contributed by atoms with Gasteiger partial charge in [-0.15, -0.1) is 0 Å². The number of pyridine rings is 1. The molecule has 2 aromatic rings. The molecule has 1 saturated heterocycles. The van der Waals surface area contributed by atoms with Crippen molar-refractivity contribution < 1.29 is 14.0 Å². The van der Waals surface area contributed by atoms with Crippen molar-refractivity contribution in [2.75, 3.05) is 18.4 Å². The maximum absolute atomic E-state index is 13.2. The molecule has 6 heteroatoms. The number of carbonyl (C=O) groups is 2. The van der Waals surface area contributed by atoms with E-state index in [2.05, 4.69) is 10.3 Å². The summed E-state index contributed by atoms with van der Waals surface area (Å²) in [5.41, 5.74) is 2.83. The lowest BCUT2D eigenvalue weighted by Gasteiger charge is -2.32. The van der Waals surface area contributed by atoms with Crippen LogP contribution < -0.4 is 5.32 Å². The lowest BCUT2D eigenvalue weighted by molar-refractivity contribution is -0.116. The van der Waals surface area contributed by atoms with Gasteiger partial charge in [-0.2, -0.15) is 0 Å². The number of hydrogen-bond donors (Lipinski definition) is 1. The van der Waals surface area contributed by atoms with Crippen molar-refractivity contribution >= 4 is 17.5 Å². The molecule has 0 unspecified atom stereocenters. The maximum atomic E-state index is 13.2. The summed E-state index contributed by atoms with van der Waals surface area (Å²) < 4.78 is 13.2. The highest BCUT2D eigenvalue weighted by molar-refractivity contribution is 5.94. The molecule has 2 amide bonds. The van der Waals surface area contributed by atoms with Crippen molar-refractivity contribution in [1.82, 2.24) is 9.88 Å². The van der Waals surface area contributed by atoms with Gasteiger partial charge in [0.15, 0.2) is 0 Å². The highest BCUT2D eigenvalue weighted by Gasteiger charge is 2.25. The number of aromatic nitrogens is 1. The summed E-state index contributed by atoms with van der Waals surface area (Å²) in [5.74, 6) is -0.0908. The molecule has 148 valence electrons. The zero-order valence-electron chi connectivity index (χ0n) is 16.4. The number of carbonyl (C=O) groups excluding carboxylic acids is 2. The van der Waals surface area contributed by atoms with Crippen LogP contribution in [0.1, 0.15) is 47.3 Å². The Morgan fingerprint density at radius 3 is 2.79 bits per heavy atom. The zero-order valence-corrected chi connectivity index (χ0v) is 16.4. The molecule has 1 atom stereocenters. The van der Waals surface area contributed by atoms with Crippen LogP contribution in [0.3, 0.4) is 0 Å². The fraction of sp³-hybridized carbons (Fsp3) is 0.409. The molecule has 1 aromatic carbocycles. The minimum Gasteiger partial charge on any atom is -0.338 e. The van der Waals surface area contributed by atoms with E-state index in [1.807, 2.05) is 24.0 Å². The van der Waals surface area contributed by atoms with Gasteiger partial charge >= 0.3 is 0 Å². The SMILES string of the molecule is Cc1ccc(C(=O)N2CCC[C@H](CCC(=O)Nc3ccc(F)cc3C)C2)cn1. The minimum atomic E-state index is -0.314. The standard InChI is InChI=1S/C22H26FN3O2/c1-15-12-19(23)8-9-20(15)25-21(27)10-6-17-4-3-11-26(14-17)22(28)18-7-5-16(2)24-13-18/h5,7-9,12-13,17H,3-4,6,10-11,14H2,1-2H3,(H,25,27)/t17-/m1/s1. The van der Waals surface area contributed by atoms with Crippen LogP contribution in [0.15, 0.2) is 36.5 Å². The number of halogens is 1. The molecule has 28 heavy (non-hydrogen) atoms. The number of nitrogens with one attached hydrogen (secondary N) is 1. The van der Waals surface area contributed by atoms with Gasteiger partial charge in [-0.1, -0.05) is 0 Å². The Labute approximate surface area is 165 Å². The second kappa shape index (κ2) is 8.95. The third-order valence-electron chi connectivity index (χ3n) is 5.21. The molecule has 0 aliphatic carbocycles. The largest absolute Gasteiger partial charge is 0.338 e. The van der Waals surface area contributed by atoms with Gasteiger partial charge in [0.2, 0.25) is 5.91 Å². The van der Waals surface area contributed by atoms with Crippen LogP contribution in [0.4, 0.5) is 10.1 Å². The number of nitrogens with zero attached hydrogens (tertiary/aromatic N) is 2. The van der Waals surface area contributed by atoms with Gasteiger partial charge in [-0.05, 0) is 74.9 Å². The molecule has 0 spiro atoms. The van der Waals surface area contributed by atoms with Crippen molar-refractivity contribution in [1.29, 1.82) is 0 Å². The first-order chi connectivity index (χ1) is 13.4. The monoisotopic (exact) mass is 383 g/mol. The van der Waals surface area contributed by atoms with E-state index in [9.17, 15) is 14.0 Å². The Morgan fingerprint density at radius 2 is 2.07 bits per heavy atom. The Kier molecular flexibility index (Phi) is 6.39. The highest BCUT2D eigenvalue weighted by Crippen LogP contribution is 2.23. The number of rotatable bonds is 5. The van der Waals surface area contributed by atoms with E-state index in [1.54, 1.807) is 19.2 Å². The number of anilines is 1. The fourth-order valence-electron chi connectivity index (χ4n) is 3.58. The second-order valence-corrected chi connectivity index (χ2v) is 7.49. The van der Waals surface area contributed by atoms with Crippen molar-refractivity contribution in [2.24, 2.45) is 5.92 Å². The van der Waals surface area contributed by atoms with Gasteiger partial charge in [0.1, 0.15) is 5.82 Å². The van der Waals surface area contributed by atoms with Crippen molar-refractivity contribution in [3.63, 3.8) is 0 Å². The summed E-state index contributed by atoms with van der Waals surface area (Å²) in [5, 5.41) is 2.85. The molecule has 0 saturated carbocycles. The van der Waals surface area contributed by atoms with E-state index < -0.39 is 0 Å². The number of likely N-dealkylation sites (tertiary alicyclic amines) is 1. The van der Waals surface area contributed by atoms with E-state index in [4.69, 9.17) is 0 Å². The first kappa shape index (κ1) is 20.0. The summed E-state index contributed by atoms with van der Waals surface area (Å²) in [6.45, 7) is 5.06. The van der Waals surface area contributed by atoms with E-state index in [-0.39, 0.29) is 17.6 Å². The first-order valence-electron chi connectivity index (χ1n) is 9.70. The molecule has 2 heterocycles. The van der Waals surface area contributed by atoms with Crippen molar-refractivity contribution in [3.8, 4) is 0 Å². The number of piperidine rings is 1. The van der Waals surface area contributed by atoms with Gasteiger partial charge in [-0.3, -0.25) is 14.6 Å². The van der Waals surface area contributed by atoms with Crippen LogP contribution in [0.25, 0.3) is 0 Å². The topological polar surface area (TPSA) is 62.3 Å². The molecule has 1 aromatic heterocycles. The molecule has 5 nitrogen and oxygen atoms in total. The third kappa shape index (κ3) is 5.15. The predicted octanol–water partition coefficient (Wildman–Crippen LogP) is 4.11. The number of benzene rings is 1. The highest BCUT2D eigenvalue weighted by atomic mass is 19.1. The van der Waals surface area contributed by atoms with Gasteiger partial charge < -0.3 is 10.2 Å². The lowest BCUT2D eigenvalue weighted by atomic mass is 9.93.